The Morgan fingerprint density at radius 3 is 2.29 bits per heavy atom. The summed E-state index contributed by atoms with van der Waals surface area (Å²) in [6.07, 6.45) is -4.32. The number of halogens is 3. The predicted octanol–water partition coefficient (Wildman–Crippen LogP) is 4.00. The van der Waals surface area contributed by atoms with E-state index in [0.717, 1.165) is 29.8 Å². The maximum atomic E-state index is 12.4. The van der Waals surface area contributed by atoms with Crippen molar-refractivity contribution < 1.29 is 17.9 Å². The molecule has 112 valence electrons. The first-order chi connectivity index (χ1) is 9.99. The van der Waals surface area contributed by atoms with E-state index in [2.05, 4.69) is 5.32 Å². The zero-order chi connectivity index (χ0) is 15.3. The summed E-state index contributed by atoms with van der Waals surface area (Å²) in [6, 6.07) is 12.6. The topological polar surface area (TPSA) is 21.3 Å². The maximum absolute atomic E-state index is 12.4. The Morgan fingerprint density at radius 2 is 1.67 bits per heavy atom. The first kappa shape index (κ1) is 15.4. The highest BCUT2D eigenvalue weighted by atomic mass is 19.4. The minimum atomic E-state index is -4.32. The van der Waals surface area contributed by atoms with E-state index < -0.39 is 11.7 Å². The molecular formula is C16H16F3NO. The lowest BCUT2D eigenvalue weighted by atomic mass is 10.1. The van der Waals surface area contributed by atoms with Crippen molar-refractivity contribution in [3.8, 4) is 5.75 Å². The molecule has 2 aromatic carbocycles. The van der Waals surface area contributed by atoms with Gasteiger partial charge in [-0.3, -0.25) is 0 Å². The number of hydrogen-bond donors (Lipinski definition) is 1. The van der Waals surface area contributed by atoms with E-state index in [0.29, 0.717) is 12.4 Å². The van der Waals surface area contributed by atoms with Crippen LogP contribution in [0.4, 0.5) is 13.2 Å². The van der Waals surface area contributed by atoms with Gasteiger partial charge in [0.1, 0.15) is 12.4 Å². The van der Waals surface area contributed by atoms with Crippen LogP contribution in [0.15, 0.2) is 48.5 Å². The molecule has 0 heterocycles. The van der Waals surface area contributed by atoms with Gasteiger partial charge < -0.3 is 10.1 Å². The summed E-state index contributed by atoms with van der Waals surface area (Å²) in [5.41, 5.74) is 1.43. The van der Waals surface area contributed by atoms with Crippen LogP contribution in [0, 0.1) is 0 Å². The summed E-state index contributed by atoms with van der Waals surface area (Å²) >= 11 is 0. The Bertz CT molecular complexity index is 579. The fourth-order valence-electron chi connectivity index (χ4n) is 1.94. The van der Waals surface area contributed by atoms with Gasteiger partial charge in [-0.05, 0) is 42.4 Å². The average Bonchev–Trinajstić information content (AvgIpc) is 2.45. The quantitative estimate of drug-likeness (QED) is 0.900. The molecule has 21 heavy (non-hydrogen) atoms. The molecular weight excluding hydrogens is 279 g/mol. The van der Waals surface area contributed by atoms with Gasteiger partial charge in [0, 0.05) is 6.54 Å². The molecule has 0 unspecified atom stereocenters. The molecule has 0 spiro atoms. The van der Waals surface area contributed by atoms with E-state index in [9.17, 15) is 13.2 Å². The fourth-order valence-corrected chi connectivity index (χ4v) is 1.94. The number of hydrogen-bond acceptors (Lipinski definition) is 2. The van der Waals surface area contributed by atoms with Gasteiger partial charge in [-0.25, -0.2) is 0 Å². The van der Waals surface area contributed by atoms with Crippen molar-refractivity contribution in [3.63, 3.8) is 0 Å². The highest BCUT2D eigenvalue weighted by Crippen LogP contribution is 2.30. The van der Waals surface area contributed by atoms with Crippen LogP contribution >= 0.6 is 0 Å². The smallest absolute Gasteiger partial charge is 0.416 e. The molecule has 0 radical (unpaired) electrons. The van der Waals surface area contributed by atoms with Crippen LogP contribution in [0.3, 0.4) is 0 Å². The minimum Gasteiger partial charge on any atom is -0.489 e. The van der Waals surface area contributed by atoms with Crippen molar-refractivity contribution in [2.24, 2.45) is 0 Å². The molecule has 2 rings (SSSR count). The van der Waals surface area contributed by atoms with Crippen LogP contribution in [-0.4, -0.2) is 7.05 Å². The molecule has 0 fully saturated rings. The Morgan fingerprint density at radius 1 is 1.00 bits per heavy atom. The van der Waals surface area contributed by atoms with Gasteiger partial charge in [0.15, 0.2) is 0 Å². The van der Waals surface area contributed by atoms with E-state index in [1.165, 1.54) is 12.1 Å². The van der Waals surface area contributed by atoms with Gasteiger partial charge in [0.25, 0.3) is 0 Å². The predicted molar refractivity (Wildman–Crippen MR) is 75.0 cm³/mol. The molecule has 0 aliphatic rings. The molecule has 0 saturated heterocycles. The Balaban J connectivity index is 1.98. The molecule has 0 aromatic heterocycles. The van der Waals surface area contributed by atoms with Crippen molar-refractivity contribution >= 4 is 0 Å². The van der Waals surface area contributed by atoms with Crippen LogP contribution in [0.25, 0.3) is 0 Å². The third kappa shape index (κ3) is 4.49. The second-order valence-corrected chi connectivity index (χ2v) is 4.66. The van der Waals surface area contributed by atoms with Crippen molar-refractivity contribution in [2.45, 2.75) is 19.3 Å². The maximum Gasteiger partial charge on any atom is 0.416 e. The minimum absolute atomic E-state index is 0.322. The molecule has 0 saturated carbocycles. The third-order valence-corrected chi connectivity index (χ3v) is 2.96. The normalized spacial score (nSPS) is 11.4. The molecule has 2 nitrogen and oxygen atoms in total. The molecule has 5 heteroatoms. The lowest BCUT2D eigenvalue weighted by Crippen LogP contribution is -2.06. The summed E-state index contributed by atoms with van der Waals surface area (Å²) in [5.74, 6) is 0.419. The Labute approximate surface area is 121 Å². The van der Waals surface area contributed by atoms with Crippen LogP contribution in [-0.2, 0) is 19.3 Å². The standard InChI is InChI=1S/C16H16F3NO/c1-20-10-12-3-2-4-13(9-12)11-21-15-7-5-14(6-8-15)16(17,18)19/h2-9,20H,10-11H2,1H3. The number of alkyl halides is 3. The summed E-state index contributed by atoms with van der Waals surface area (Å²) < 4.78 is 42.8. The molecule has 0 bridgehead atoms. The number of benzene rings is 2. The number of ether oxygens (including phenoxy) is 1. The lowest BCUT2D eigenvalue weighted by molar-refractivity contribution is -0.137. The highest BCUT2D eigenvalue weighted by Gasteiger charge is 2.29. The SMILES string of the molecule is CNCc1cccc(COc2ccc(C(F)(F)F)cc2)c1. The van der Waals surface area contributed by atoms with Gasteiger partial charge >= 0.3 is 6.18 Å². The Hall–Kier alpha value is -2.01. The van der Waals surface area contributed by atoms with Gasteiger partial charge in [-0.1, -0.05) is 24.3 Å². The van der Waals surface area contributed by atoms with E-state index >= 15 is 0 Å². The second kappa shape index (κ2) is 6.63. The molecule has 0 aliphatic heterocycles. The average molecular weight is 295 g/mol. The molecule has 0 amide bonds. The first-order valence-electron chi connectivity index (χ1n) is 6.51. The fraction of sp³-hybridized carbons (Fsp3) is 0.250. The summed E-state index contributed by atoms with van der Waals surface area (Å²) in [5, 5.41) is 3.06. The van der Waals surface area contributed by atoms with E-state index in [1.54, 1.807) is 0 Å². The molecule has 2 aromatic rings. The van der Waals surface area contributed by atoms with E-state index in [-0.39, 0.29) is 0 Å². The largest absolute Gasteiger partial charge is 0.489 e. The third-order valence-electron chi connectivity index (χ3n) is 2.96. The lowest BCUT2D eigenvalue weighted by Gasteiger charge is -2.10. The molecule has 1 N–H and O–H groups in total. The van der Waals surface area contributed by atoms with E-state index in [1.807, 2.05) is 31.3 Å². The van der Waals surface area contributed by atoms with Crippen LogP contribution in [0.5, 0.6) is 5.75 Å². The summed E-state index contributed by atoms with van der Waals surface area (Å²) in [6.45, 7) is 1.08. The second-order valence-electron chi connectivity index (χ2n) is 4.66. The summed E-state index contributed by atoms with van der Waals surface area (Å²) in [4.78, 5) is 0. The van der Waals surface area contributed by atoms with Gasteiger partial charge in [0.05, 0.1) is 5.56 Å². The van der Waals surface area contributed by atoms with Crippen molar-refractivity contribution in [3.05, 3.63) is 65.2 Å². The van der Waals surface area contributed by atoms with Crippen LogP contribution < -0.4 is 10.1 Å². The highest BCUT2D eigenvalue weighted by molar-refractivity contribution is 5.29. The zero-order valence-corrected chi connectivity index (χ0v) is 11.6. The summed E-state index contributed by atoms with van der Waals surface area (Å²) in [7, 11) is 1.87. The Kier molecular flexibility index (Phi) is 4.85. The molecule has 0 aliphatic carbocycles. The van der Waals surface area contributed by atoms with Crippen LogP contribution in [0.2, 0.25) is 0 Å². The number of rotatable bonds is 5. The molecule has 0 atom stereocenters. The van der Waals surface area contributed by atoms with Crippen molar-refractivity contribution in [1.29, 1.82) is 0 Å². The van der Waals surface area contributed by atoms with Gasteiger partial charge in [0.2, 0.25) is 0 Å². The first-order valence-corrected chi connectivity index (χ1v) is 6.51. The van der Waals surface area contributed by atoms with Crippen LogP contribution in [0.1, 0.15) is 16.7 Å². The zero-order valence-electron chi connectivity index (χ0n) is 11.6. The number of nitrogens with one attached hydrogen (secondary N) is 1. The van der Waals surface area contributed by atoms with Crippen molar-refractivity contribution in [1.82, 2.24) is 5.32 Å². The van der Waals surface area contributed by atoms with Gasteiger partial charge in [-0.2, -0.15) is 13.2 Å². The van der Waals surface area contributed by atoms with Gasteiger partial charge in [-0.15, -0.1) is 0 Å². The monoisotopic (exact) mass is 295 g/mol. The van der Waals surface area contributed by atoms with Crippen molar-refractivity contribution in [2.75, 3.05) is 7.05 Å². The van der Waals surface area contributed by atoms with E-state index in [4.69, 9.17) is 4.74 Å².